The number of hydrogen-bond acceptors (Lipinski definition) is 6. The van der Waals surface area contributed by atoms with E-state index in [-0.39, 0.29) is 5.78 Å². The zero-order chi connectivity index (χ0) is 22.9. The molecule has 3 aromatic rings. The highest BCUT2D eigenvalue weighted by Gasteiger charge is 2.23. The number of nitrogens with zero attached hydrogens (tertiary/aromatic N) is 3. The maximum atomic E-state index is 12.4. The predicted octanol–water partition coefficient (Wildman–Crippen LogP) is 6.16. The summed E-state index contributed by atoms with van der Waals surface area (Å²) in [6.45, 7) is 0.615. The molecule has 0 bridgehead atoms. The summed E-state index contributed by atoms with van der Waals surface area (Å²) in [6.07, 6.45) is 7.53. The highest BCUT2D eigenvalue weighted by molar-refractivity contribution is 7.99. The molecule has 0 radical (unpaired) electrons. The van der Waals surface area contributed by atoms with Crippen molar-refractivity contribution < 1.29 is 9.53 Å². The van der Waals surface area contributed by atoms with Crippen LogP contribution in [-0.4, -0.2) is 33.4 Å². The van der Waals surface area contributed by atoms with Crippen molar-refractivity contribution in [3.63, 3.8) is 0 Å². The molecule has 6 nitrogen and oxygen atoms in total. The topological polar surface area (TPSA) is 69.0 Å². The predicted molar refractivity (Wildman–Crippen MR) is 133 cm³/mol. The number of thioether (sulfide) groups is 1. The van der Waals surface area contributed by atoms with Gasteiger partial charge in [-0.05, 0) is 31.4 Å². The second kappa shape index (κ2) is 11.9. The van der Waals surface area contributed by atoms with Crippen LogP contribution in [0.15, 0.2) is 59.8 Å². The average molecular weight is 465 g/mol. The average Bonchev–Trinajstić information content (AvgIpc) is 3.29. The third kappa shape index (κ3) is 6.38. The summed E-state index contributed by atoms with van der Waals surface area (Å²) in [5.74, 6) is 2.85. The molecule has 1 aromatic heterocycles. The summed E-state index contributed by atoms with van der Waals surface area (Å²) in [7, 11) is 1.68. The number of benzene rings is 2. The first-order valence-corrected chi connectivity index (χ1v) is 12.8. The number of anilines is 1. The number of ether oxygens (including phenoxy) is 1. The van der Waals surface area contributed by atoms with E-state index in [4.69, 9.17) is 4.74 Å². The Morgan fingerprint density at radius 3 is 2.70 bits per heavy atom. The van der Waals surface area contributed by atoms with Gasteiger partial charge in [0.25, 0.3) is 0 Å². The third-order valence-electron chi connectivity index (χ3n) is 6.07. The number of rotatable bonds is 11. The Labute approximate surface area is 200 Å². The molecule has 1 fully saturated rings. The number of ketones is 1. The van der Waals surface area contributed by atoms with E-state index in [0.717, 1.165) is 40.2 Å². The lowest BCUT2D eigenvalue weighted by molar-refractivity contribution is 0.0982. The van der Waals surface area contributed by atoms with Crippen molar-refractivity contribution in [3.05, 3.63) is 66.0 Å². The van der Waals surface area contributed by atoms with Gasteiger partial charge >= 0.3 is 0 Å². The first-order chi connectivity index (χ1) is 16.2. The molecule has 1 aliphatic carbocycles. The summed E-state index contributed by atoms with van der Waals surface area (Å²) in [4.78, 5) is 12.4. The van der Waals surface area contributed by atoms with Crippen LogP contribution in [-0.2, 0) is 6.54 Å². The third-order valence-corrected chi connectivity index (χ3v) is 7.10. The molecule has 0 spiro atoms. The van der Waals surface area contributed by atoms with Gasteiger partial charge in [-0.3, -0.25) is 4.79 Å². The summed E-state index contributed by atoms with van der Waals surface area (Å²) in [5.41, 5.74) is 1.79. The Kier molecular flexibility index (Phi) is 8.41. The lowest BCUT2D eigenvalue weighted by atomic mass is 9.95. The fraction of sp³-hybridized carbons (Fsp3) is 0.423. The van der Waals surface area contributed by atoms with Crippen LogP contribution in [0.1, 0.15) is 67.2 Å². The van der Waals surface area contributed by atoms with Crippen LogP contribution in [0.2, 0.25) is 0 Å². The van der Waals surface area contributed by atoms with E-state index in [9.17, 15) is 4.79 Å². The molecule has 174 valence electrons. The smallest absolute Gasteiger partial charge is 0.191 e. The molecule has 0 amide bonds. The van der Waals surface area contributed by atoms with E-state index in [1.807, 2.05) is 54.6 Å². The molecule has 7 heteroatoms. The number of Topliss-reactive ketones (excluding diaryl/α,β-unsaturated/α-hetero) is 1. The number of aromatic nitrogens is 3. The van der Waals surface area contributed by atoms with Crippen LogP contribution < -0.4 is 10.1 Å². The molecule has 4 rings (SSSR count). The second-order valence-corrected chi connectivity index (χ2v) is 9.45. The molecule has 33 heavy (non-hydrogen) atoms. The van der Waals surface area contributed by atoms with E-state index >= 15 is 0 Å². The quantitative estimate of drug-likeness (QED) is 0.208. The van der Waals surface area contributed by atoms with Crippen molar-refractivity contribution in [1.29, 1.82) is 0 Å². The van der Waals surface area contributed by atoms with Crippen LogP contribution in [0.5, 0.6) is 5.75 Å². The SMILES string of the molecule is COc1cccc(NCc2nnc(SCCCC(=O)c3ccccc3)n2C2CCCCC2)c1. The minimum Gasteiger partial charge on any atom is -0.497 e. The van der Waals surface area contributed by atoms with Gasteiger partial charge < -0.3 is 14.6 Å². The van der Waals surface area contributed by atoms with Crippen molar-refractivity contribution in [3.8, 4) is 5.75 Å². The summed E-state index contributed by atoms with van der Waals surface area (Å²) >= 11 is 1.72. The van der Waals surface area contributed by atoms with Crippen LogP contribution in [0, 0.1) is 0 Å². The van der Waals surface area contributed by atoms with Crippen molar-refractivity contribution in [2.75, 3.05) is 18.2 Å². The molecule has 0 unspecified atom stereocenters. The van der Waals surface area contributed by atoms with Gasteiger partial charge in [0.05, 0.1) is 13.7 Å². The molecule has 0 atom stereocenters. The van der Waals surface area contributed by atoms with E-state index in [1.165, 1.54) is 32.1 Å². The summed E-state index contributed by atoms with van der Waals surface area (Å²) < 4.78 is 7.67. The molecule has 1 saturated carbocycles. The monoisotopic (exact) mass is 464 g/mol. The fourth-order valence-corrected chi connectivity index (χ4v) is 5.27. The number of hydrogen-bond donors (Lipinski definition) is 1. The highest BCUT2D eigenvalue weighted by Crippen LogP contribution is 2.33. The van der Waals surface area contributed by atoms with Gasteiger partial charge in [-0.15, -0.1) is 10.2 Å². The minimum atomic E-state index is 0.202. The Morgan fingerprint density at radius 1 is 1.09 bits per heavy atom. The van der Waals surface area contributed by atoms with Crippen molar-refractivity contribution in [1.82, 2.24) is 14.8 Å². The molecule has 1 aliphatic rings. The van der Waals surface area contributed by atoms with E-state index in [2.05, 4.69) is 20.1 Å². The molecule has 1 N–H and O–H groups in total. The zero-order valence-corrected chi connectivity index (χ0v) is 20.0. The van der Waals surface area contributed by atoms with Gasteiger partial charge in [-0.25, -0.2) is 0 Å². The fourth-order valence-electron chi connectivity index (χ4n) is 4.31. The first-order valence-electron chi connectivity index (χ1n) is 11.8. The molecular formula is C26H32N4O2S. The van der Waals surface area contributed by atoms with Crippen LogP contribution >= 0.6 is 11.8 Å². The molecular weight excluding hydrogens is 432 g/mol. The van der Waals surface area contributed by atoms with Crippen molar-refractivity contribution in [2.24, 2.45) is 0 Å². The normalized spacial score (nSPS) is 14.2. The van der Waals surface area contributed by atoms with Gasteiger partial charge in [-0.2, -0.15) is 0 Å². The summed E-state index contributed by atoms with van der Waals surface area (Å²) in [5, 5.41) is 13.5. The number of carbonyl (C=O) groups excluding carboxylic acids is 1. The second-order valence-electron chi connectivity index (χ2n) is 8.39. The number of carbonyl (C=O) groups is 1. The lowest BCUT2D eigenvalue weighted by Crippen LogP contribution is -2.18. The number of nitrogens with one attached hydrogen (secondary N) is 1. The van der Waals surface area contributed by atoms with Crippen LogP contribution in [0.25, 0.3) is 0 Å². The lowest BCUT2D eigenvalue weighted by Gasteiger charge is -2.25. The number of methoxy groups -OCH3 is 1. The maximum absolute atomic E-state index is 12.4. The van der Waals surface area contributed by atoms with Crippen molar-refractivity contribution >= 4 is 23.2 Å². The molecule has 0 saturated heterocycles. The van der Waals surface area contributed by atoms with E-state index in [0.29, 0.717) is 19.0 Å². The van der Waals surface area contributed by atoms with E-state index < -0.39 is 0 Å². The standard InChI is InChI=1S/C26H32N4O2S/c1-32-23-15-8-12-21(18-23)27-19-25-28-29-26(30(25)22-13-6-3-7-14-22)33-17-9-16-24(31)20-10-4-2-5-11-20/h2,4-5,8,10-12,15,18,22,27H,3,6-7,9,13-14,16-17,19H2,1H3. The molecule has 0 aliphatic heterocycles. The van der Waals surface area contributed by atoms with Gasteiger partial charge in [0.2, 0.25) is 0 Å². The maximum Gasteiger partial charge on any atom is 0.191 e. The Bertz CT molecular complexity index is 1030. The van der Waals surface area contributed by atoms with Crippen LogP contribution in [0.3, 0.4) is 0 Å². The molecule has 1 heterocycles. The van der Waals surface area contributed by atoms with Gasteiger partial charge in [0.15, 0.2) is 16.8 Å². The highest BCUT2D eigenvalue weighted by atomic mass is 32.2. The Balaban J connectivity index is 1.39. The Hall–Kier alpha value is -2.80. The Morgan fingerprint density at radius 2 is 1.91 bits per heavy atom. The van der Waals surface area contributed by atoms with Gasteiger partial charge in [-0.1, -0.05) is 67.4 Å². The van der Waals surface area contributed by atoms with Crippen LogP contribution in [0.4, 0.5) is 5.69 Å². The minimum absolute atomic E-state index is 0.202. The van der Waals surface area contributed by atoms with Gasteiger partial charge in [0.1, 0.15) is 5.75 Å². The first kappa shape index (κ1) is 23.4. The van der Waals surface area contributed by atoms with Gasteiger partial charge in [0, 0.05) is 35.5 Å². The zero-order valence-electron chi connectivity index (χ0n) is 19.2. The summed E-state index contributed by atoms with van der Waals surface area (Å²) in [6, 6.07) is 17.9. The van der Waals surface area contributed by atoms with Crippen molar-refractivity contribution in [2.45, 2.75) is 62.7 Å². The largest absolute Gasteiger partial charge is 0.497 e. The van der Waals surface area contributed by atoms with E-state index in [1.54, 1.807) is 18.9 Å². The molecule has 2 aromatic carbocycles.